The van der Waals surface area contributed by atoms with E-state index in [1.165, 1.54) is 7.11 Å². The van der Waals surface area contributed by atoms with Crippen LogP contribution in [0, 0.1) is 11.3 Å². The van der Waals surface area contributed by atoms with Gasteiger partial charge in [-0.3, -0.25) is 19.3 Å². The van der Waals surface area contributed by atoms with Gasteiger partial charge in [-0.1, -0.05) is 5.16 Å². The minimum atomic E-state index is -0.833. The Balaban J connectivity index is 0.000000511. The van der Waals surface area contributed by atoms with Crippen molar-refractivity contribution in [2.24, 2.45) is 17.1 Å². The van der Waals surface area contributed by atoms with Crippen molar-refractivity contribution in [1.29, 1.82) is 0 Å². The number of likely N-dealkylation sites (tertiary alicyclic amines) is 1. The minimum absolute atomic E-state index is 0.0866. The van der Waals surface area contributed by atoms with Gasteiger partial charge >= 0.3 is 5.97 Å². The van der Waals surface area contributed by atoms with E-state index in [4.69, 9.17) is 29.6 Å². The van der Waals surface area contributed by atoms with Crippen LogP contribution < -0.4 is 5.73 Å². The van der Waals surface area contributed by atoms with Gasteiger partial charge < -0.3 is 24.8 Å². The molecule has 2 atom stereocenters. The SMILES string of the molecule is CC(=O)O.COC(=O)[C@@]12COC[C@@H]1CN(Cc1nc(C(N)=O)no1)C2. The molecule has 0 bridgehead atoms. The Kier molecular flexibility index (Phi) is 5.69. The van der Waals surface area contributed by atoms with Crippen LogP contribution in [0.25, 0.3) is 0 Å². The Labute approximate surface area is 143 Å². The Morgan fingerprint density at radius 1 is 1.48 bits per heavy atom. The van der Waals surface area contributed by atoms with E-state index in [1.807, 2.05) is 4.90 Å². The van der Waals surface area contributed by atoms with Gasteiger partial charge in [-0.25, -0.2) is 0 Å². The molecule has 0 spiro atoms. The minimum Gasteiger partial charge on any atom is -0.481 e. The van der Waals surface area contributed by atoms with Crippen LogP contribution in [0.1, 0.15) is 23.4 Å². The topological polar surface area (TPSA) is 158 Å². The van der Waals surface area contributed by atoms with E-state index in [-0.39, 0.29) is 17.7 Å². The first-order valence-electron chi connectivity index (χ1n) is 7.49. The summed E-state index contributed by atoms with van der Waals surface area (Å²) in [7, 11) is 1.38. The lowest BCUT2D eigenvalue weighted by molar-refractivity contribution is -0.153. The molecule has 11 nitrogen and oxygen atoms in total. The number of methoxy groups -OCH3 is 1. The summed E-state index contributed by atoms with van der Waals surface area (Å²) in [5.74, 6) is -1.58. The Morgan fingerprint density at radius 2 is 2.16 bits per heavy atom. The standard InChI is InChI=1S/C12H16N4O5.C2H4O2/c1-19-11(18)12-5-16(2-7(12)4-20-6-12)3-8-14-10(9(13)17)15-21-8;1-2(3)4/h7H,2-6H2,1H3,(H2,13,17);1H3,(H,3,4)/t7-,12-;/m0./s1. The number of esters is 1. The van der Waals surface area contributed by atoms with E-state index in [0.717, 1.165) is 6.92 Å². The Hall–Kier alpha value is -2.53. The molecule has 0 aromatic carbocycles. The van der Waals surface area contributed by atoms with Gasteiger partial charge in [0.1, 0.15) is 5.41 Å². The number of ether oxygens (including phenoxy) is 2. The molecule has 1 aromatic rings. The fraction of sp³-hybridized carbons (Fsp3) is 0.643. The summed E-state index contributed by atoms with van der Waals surface area (Å²) >= 11 is 0. The van der Waals surface area contributed by atoms with Crippen LogP contribution in [-0.2, 0) is 25.6 Å². The molecular formula is C14H20N4O7. The highest BCUT2D eigenvalue weighted by Gasteiger charge is 2.56. The largest absolute Gasteiger partial charge is 0.481 e. The van der Waals surface area contributed by atoms with Crippen LogP contribution >= 0.6 is 0 Å². The third kappa shape index (κ3) is 4.12. The number of rotatable bonds is 4. The lowest BCUT2D eigenvalue weighted by atomic mass is 9.81. The quantitative estimate of drug-likeness (QED) is 0.633. The molecule has 3 heterocycles. The second-order valence-electron chi connectivity index (χ2n) is 5.92. The van der Waals surface area contributed by atoms with Gasteiger partial charge in [0, 0.05) is 25.9 Å². The molecule has 2 fully saturated rings. The number of carbonyl (C=O) groups excluding carboxylic acids is 2. The number of carboxylic acid groups (broad SMARTS) is 1. The van der Waals surface area contributed by atoms with E-state index in [0.29, 0.717) is 38.7 Å². The number of carbonyl (C=O) groups is 3. The molecule has 1 amide bonds. The Morgan fingerprint density at radius 3 is 2.72 bits per heavy atom. The van der Waals surface area contributed by atoms with Crippen LogP contribution in [-0.4, -0.2) is 71.4 Å². The van der Waals surface area contributed by atoms with Crippen LogP contribution in [0.3, 0.4) is 0 Å². The van der Waals surface area contributed by atoms with Crippen molar-refractivity contribution >= 4 is 17.8 Å². The normalized spacial score (nSPS) is 25.0. The second kappa shape index (κ2) is 7.57. The lowest BCUT2D eigenvalue weighted by Crippen LogP contribution is -2.40. The number of amides is 1. The smallest absolute Gasteiger partial charge is 0.315 e. The molecule has 3 rings (SSSR count). The van der Waals surface area contributed by atoms with Crippen molar-refractivity contribution in [3.63, 3.8) is 0 Å². The van der Waals surface area contributed by atoms with Crippen LogP contribution in [0.5, 0.6) is 0 Å². The summed E-state index contributed by atoms with van der Waals surface area (Å²) < 4.78 is 15.3. The van der Waals surface area contributed by atoms with Gasteiger partial charge in [-0.15, -0.1) is 0 Å². The maximum Gasteiger partial charge on any atom is 0.315 e. The first kappa shape index (κ1) is 18.8. The van der Waals surface area contributed by atoms with E-state index in [9.17, 15) is 9.59 Å². The number of fused-ring (bicyclic) bond motifs is 1. The number of hydrogen-bond acceptors (Lipinski definition) is 9. The fourth-order valence-electron chi connectivity index (χ4n) is 3.06. The third-order valence-corrected chi connectivity index (χ3v) is 4.08. The van der Waals surface area contributed by atoms with E-state index in [2.05, 4.69) is 10.1 Å². The average molecular weight is 356 g/mol. The molecule has 0 saturated carbocycles. The maximum atomic E-state index is 12.1. The first-order chi connectivity index (χ1) is 11.8. The zero-order valence-electron chi connectivity index (χ0n) is 13.9. The highest BCUT2D eigenvalue weighted by Crippen LogP contribution is 2.42. The highest BCUT2D eigenvalue weighted by atomic mass is 16.5. The van der Waals surface area contributed by atoms with Crippen LogP contribution in [0.2, 0.25) is 0 Å². The van der Waals surface area contributed by atoms with Gasteiger partial charge in [0.2, 0.25) is 5.89 Å². The molecule has 0 aliphatic carbocycles. The summed E-state index contributed by atoms with van der Waals surface area (Å²) in [5.41, 5.74) is 4.45. The molecule has 138 valence electrons. The summed E-state index contributed by atoms with van der Waals surface area (Å²) in [6.07, 6.45) is 0. The summed E-state index contributed by atoms with van der Waals surface area (Å²) in [6.45, 7) is 3.50. The number of carboxylic acids is 1. The molecule has 2 saturated heterocycles. The van der Waals surface area contributed by atoms with Crippen molar-refractivity contribution in [2.45, 2.75) is 13.5 Å². The monoisotopic (exact) mass is 356 g/mol. The van der Waals surface area contributed by atoms with E-state index in [1.54, 1.807) is 0 Å². The number of nitrogens with two attached hydrogens (primary N) is 1. The third-order valence-electron chi connectivity index (χ3n) is 4.08. The van der Waals surface area contributed by atoms with Crippen LogP contribution in [0.4, 0.5) is 0 Å². The predicted molar refractivity (Wildman–Crippen MR) is 80.2 cm³/mol. The average Bonchev–Trinajstić information content (AvgIpc) is 3.20. The number of hydrogen-bond donors (Lipinski definition) is 2. The number of aliphatic carboxylic acids is 1. The molecule has 0 unspecified atom stereocenters. The van der Waals surface area contributed by atoms with Gasteiger partial charge in [-0.05, 0) is 0 Å². The summed E-state index contributed by atoms with van der Waals surface area (Å²) in [4.78, 5) is 37.9. The van der Waals surface area contributed by atoms with Crippen LogP contribution in [0.15, 0.2) is 4.52 Å². The molecule has 2 aliphatic heterocycles. The second-order valence-corrected chi connectivity index (χ2v) is 5.92. The van der Waals surface area contributed by atoms with Gasteiger partial charge in [-0.2, -0.15) is 4.98 Å². The molecule has 1 aromatic heterocycles. The molecule has 2 aliphatic rings. The van der Waals surface area contributed by atoms with Crippen molar-refractivity contribution < 1.29 is 33.5 Å². The van der Waals surface area contributed by atoms with Crippen molar-refractivity contribution in [3.8, 4) is 0 Å². The number of nitrogens with zero attached hydrogens (tertiary/aromatic N) is 3. The molecule has 3 N–H and O–H groups in total. The first-order valence-corrected chi connectivity index (χ1v) is 7.49. The van der Waals surface area contributed by atoms with Crippen molar-refractivity contribution in [2.75, 3.05) is 33.4 Å². The number of aromatic nitrogens is 2. The summed E-state index contributed by atoms with van der Waals surface area (Å²) in [6, 6.07) is 0. The Bertz CT molecular complexity index is 657. The predicted octanol–water partition coefficient (Wildman–Crippen LogP) is -1.12. The van der Waals surface area contributed by atoms with Gasteiger partial charge in [0.15, 0.2) is 0 Å². The molecular weight excluding hydrogens is 336 g/mol. The van der Waals surface area contributed by atoms with Crippen molar-refractivity contribution in [1.82, 2.24) is 15.0 Å². The lowest BCUT2D eigenvalue weighted by Gasteiger charge is -2.23. The van der Waals surface area contributed by atoms with Gasteiger partial charge in [0.25, 0.3) is 17.7 Å². The highest BCUT2D eigenvalue weighted by molar-refractivity contribution is 5.88. The fourth-order valence-corrected chi connectivity index (χ4v) is 3.06. The summed E-state index contributed by atoms with van der Waals surface area (Å²) in [5, 5.41) is 10.9. The maximum absolute atomic E-state index is 12.1. The van der Waals surface area contributed by atoms with Gasteiger partial charge in [0.05, 0.1) is 26.9 Å². The zero-order chi connectivity index (χ0) is 18.6. The molecule has 11 heteroatoms. The van der Waals surface area contributed by atoms with Crippen molar-refractivity contribution in [3.05, 3.63) is 11.7 Å². The number of primary amides is 1. The molecule has 25 heavy (non-hydrogen) atoms. The zero-order valence-corrected chi connectivity index (χ0v) is 13.9. The molecule has 0 radical (unpaired) electrons. The van der Waals surface area contributed by atoms with E-state index >= 15 is 0 Å². The van der Waals surface area contributed by atoms with E-state index < -0.39 is 17.3 Å².